The van der Waals surface area contributed by atoms with E-state index in [0.29, 0.717) is 18.5 Å². The molecule has 0 N–H and O–H groups in total. The lowest BCUT2D eigenvalue weighted by Gasteiger charge is -2.06. The molecular weight excluding hydrogens is 318 g/mol. The Morgan fingerprint density at radius 1 is 1.12 bits per heavy atom. The Morgan fingerprint density at radius 3 is 2.72 bits per heavy atom. The second-order valence-electron chi connectivity index (χ2n) is 5.53. The maximum Gasteiger partial charge on any atom is 0.337 e. The van der Waals surface area contributed by atoms with E-state index >= 15 is 0 Å². The van der Waals surface area contributed by atoms with Gasteiger partial charge in [0.15, 0.2) is 0 Å². The summed E-state index contributed by atoms with van der Waals surface area (Å²) in [5.74, 6) is -0.384. The predicted octanol–water partition coefficient (Wildman–Crippen LogP) is 2.06. The molecule has 0 aromatic carbocycles. The lowest BCUT2D eigenvalue weighted by Crippen LogP contribution is -2.18. The van der Waals surface area contributed by atoms with Crippen LogP contribution in [0.5, 0.6) is 0 Å². The quantitative estimate of drug-likeness (QED) is 0.667. The number of pyridine rings is 3. The summed E-state index contributed by atoms with van der Waals surface area (Å²) in [7, 11) is 1.35. The number of esters is 1. The van der Waals surface area contributed by atoms with Crippen LogP contribution < -0.4 is 5.56 Å². The van der Waals surface area contributed by atoms with Crippen molar-refractivity contribution in [2.45, 2.75) is 13.0 Å². The van der Waals surface area contributed by atoms with Crippen LogP contribution in [0.15, 0.2) is 65.8 Å². The van der Waals surface area contributed by atoms with Crippen molar-refractivity contribution in [1.29, 1.82) is 0 Å². The summed E-state index contributed by atoms with van der Waals surface area (Å²) < 4.78 is 6.32. The van der Waals surface area contributed by atoms with E-state index < -0.39 is 0 Å². The topological polar surface area (TPSA) is 74.1 Å². The van der Waals surface area contributed by atoms with E-state index in [4.69, 9.17) is 4.74 Å². The van der Waals surface area contributed by atoms with Crippen LogP contribution >= 0.6 is 0 Å². The van der Waals surface area contributed by atoms with Crippen LogP contribution in [0.3, 0.4) is 0 Å². The molecule has 0 aliphatic carbocycles. The summed E-state index contributed by atoms with van der Waals surface area (Å²) in [6, 6.07) is 12.2. The van der Waals surface area contributed by atoms with E-state index in [9.17, 15) is 9.59 Å². The lowest BCUT2D eigenvalue weighted by molar-refractivity contribution is 0.0600. The van der Waals surface area contributed by atoms with Crippen LogP contribution in [-0.4, -0.2) is 27.6 Å². The van der Waals surface area contributed by atoms with Crippen molar-refractivity contribution in [3.63, 3.8) is 0 Å². The third kappa shape index (κ3) is 4.17. The highest BCUT2D eigenvalue weighted by Gasteiger charge is 2.07. The van der Waals surface area contributed by atoms with E-state index in [0.717, 1.165) is 17.0 Å². The number of aromatic nitrogens is 3. The average Bonchev–Trinajstić information content (AvgIpc) is 2.65. The Morgan fingerprint density at radius 2 is 2.00 bits per heavy atom. The van der Waals surface area contributed by atoms with Crippen LogP contribution in [0.25, 0.3) is 0 Å². The Balaban J connectivity index is 1.72. The number of ether oxygens (including phenoxy) is 1. The Kier molecular flexibility index (Phi) is 4.99. The van der Waals surface area contributed by atoms with Crippen molar-refractivity contribution in [2.24, 2.45) is 0 Å². The van der Waals surface area contributed by atoms with Gasteiger partial charge in [0.05, 0.1) is 24.9 Å². The van der Waals surface area contributed by atoms with Gasteiger partial charge in [-0.2, -0.15) is 0 Å². The highest BCUT2D eigenvalue weighted by Crippen LogP contribution is 2.10. The molecule has 3 rings (SSSR count). The van der Waals surface area contributed by atoms with E-state index in [1.807, 2.05) is 18.2 Å². The van der Waals surface area contributed by atoms with E-state index in [1.54, 1.807) is 41.4 Å². The Labute approximate surface area is 144 Å². The first-order valence-electron chi connectivity index (χ1n) is 7.78. The standard InChI is InChI=1S/C19H17N3O3/c1-25-19(24)15-7-8-20-17(11-15)10-14-5-6-16(21-12-14)13-22-9-3-2-4-18(22)23/h2-9,11-12H,10,13H2,1H3. The number of hydrogen-bond donors (Lipinski definition) is 0. The minimum Gasteiger partial charge on any atom is -0.465 e. The molecular formula is C19H17N3O3. The smallest absolute Gasteiger partial charge is 0.337 e. The summed E-state index contributed by atoms with van der Waals surface area (Å²) >= 11 is 0. The number of carbonyl (C=O) groups excluding carboxylic acids is 1. The van der Waals surface area contributed by atoms with Crippen molar-refractivity contribution < 1.29 is 9.53 Å². The zero-order chi connectivity index (χ0) is 17.6. The summed E-state index contributed by atoms with van der Waals surface area (Å²) in [5, 5.41) is 0. The van der Waals surface area contributed by atoms with E-state index in [1.165, 1.54) is 13.2 Å². The zero-order valence-electron chi connectivity index (χ0n) is 13.8. The molecule has 6 heteroatoms. The molecule has 126 valence electrons. The van der Waals surface area contributed by atoms with Crippen LogP contribution in [0, 0.1) is 0 Å². The molecule has 25 heavy (non-hydrogen) atoms. The summed E-state index contributed by atoms with van der Waals surface area (Å²) in [6.07, 6.45) is 5.64. The van der Waals surface area contributed by atoms with Gasteiger partial charge in [-0.05, 0) is 29.8 Å². The molecule has 6 nitrogen and oxygen atoms in total. The molecule has 0 aliphatic heterocycles. The number of nitrogens with zero attached hydrogens (tertiary/aromatic N) is 3. The molecule has 0 amide bonds. The molecule has 0 aliphatic rings. The van der Waals surface area contributed by atoms with Gasteiger partial charge < -0.3 is 9.30 Å². The Bertz CT molecular complexity index is 933. The maximum atomic E-state index is 11.7. The second kappa shape index (κ2) is 7.53. The lowest BCUT2D eigenvalue weighted by atomic mass is 10.1. The maximum absolute atomic E-state index is 11.7. The molecule has 0 bridgehead atoms. The van der Waals surface area contributed by atoms with Gasteiger partial charge in [0.1, 0.15) is 0 Å². The first-order valence-corrected chi connectivity index (χ1v) is 7.78. The fourth-order valence-electron chi connectivity index (χ4n) is 2.45. The molecule has 0 spiro atoms. The van der Waals surface area contributed by atoms with E-state index in [2.05, 4.69) is 9.97 Å². The Hall–Kier alpha value is -3.28. The molecule has 3 aromatic rings. The van der Waals surface area contributed by atoms with E-state index in [-0.39, 0.29) is 11.5 Å². The highest BCUT2D eigenvalue weighted by molar-refractivity contribution is 5.89. The second-order valence-corrected chi connectivity index (χ2v) is 5.53. The number of carbonyl (C=O) groups is 1. The fraction of sp³-hybridized carbons (Fsp3) is 0.158. The minimum absolute atomic E-state index is 0.0581. The van der Waals surface area contributed by atoms with Crippen LogP contribution in [0.1, 0.15) is 27.3 Å². The van der Waals surface area contributed by atoms with Gasteiger partial charge in [0.25, 0.3) is 5.56 Å². The number of rotatable bonds is 5. The van der Waals surface area contributed by atoms with Crippen LogP contribution in [0.2, 0.25) is 0 Å². The molecule has 0 atom stereocenters. The number of methoxy groups -OCH3 is 1. The molecule has 3 aromatic heterocycles. The van der Waals surface area contributed by atoms with Gasteiger partial charge in [-0.15, -0.1) is 0 Å². The molecule has 0 unspecified atom stereocenters. The highest BCUT2D eigenvalue weighted by atomic mass is 16.5. The first kappa shape index (κ1) is 16.6. The molecule has 0 saturated carbocycles. The summed E-state index contributed by atoms with van der Waals surface area (Å²) in [6.45, 7) is 0.427. The van der Waals surface area contributed by atoms with Gasteiger partial charge in [0, 0.05) is 36.8 Å². The fourth-order valence-corrected chi connectivity index (χ4v) is 2.45. The summed E-state index contributed by atoms with van der Waals surface area (Å²) in [4.78, 5) is 32.0. The zero-order valence-corrected chi connectivity index (χ0v) is 13.8. The van der Waals surface area contributed by atoms with Gasteiger partial charge >= 0.3 is 5.97 Å². The third-order valence-electron chi connectivity index (χ3n) is 3.74. The first-order chi connectivity index (χ1) is 12.2. The monoisotopic (exact) mass is 335 g/mol. The van der Waals surface area contributed by atoms with Crippen molar-refractivity contribution in [1.82, 2.24) is 14.5 Å². The van der Waals surface area contributed by atoms with Gasteiger partial charge in [-0.3, -0.25) is 14.8 Å². The largest absolute Gasteiger partial charge is 0.465 e. The van der Waals surface area contributed by atoms with Gasteiger partial charge in [0.2, 0.25) is 0 Å². The van der Waals surface area contributed by atoms with Crippen molar-refractivity contribution >= 4 is 5.97 Å². The SMILES string of the molecule is COC(=O)c1ccnc(Cc2ccc(Cn3ccccc3=O)nc2)c1. The molecule has 0 radical (unpaired) electrons. The van der Waals surface area contributed by atoms with Crippen molar-refractivity contribution in [2.75, 3.05) is 7.11 Å². The van der Waals surface area contributed by atoms with Gasteiger partial charge in [-0.1, -0.05) is 12.1 Å². The van der Waals surface area contributed by atoms with Crippen LogP contribution in [-0.2, 0) is 17.7 Å². The van der Waals surface area contributed by atoms with Crippen molar-refractivity contribution in [3.8, 4) is 0 Å². The normalized spacial score (nSPS) is 10.4. The summed E-state index contributed by atoms with van der Waals surface area (Å²) in [5.41, 5.74) is 2.95. The third-order valence-corrected chi connectivity index (χ3v) is 3.74. The molecule has 0 saturated heterocycles. The van der Waals surface area contributed by atoms with Gasteiger partial charge in [-0.25, -0.2) is 4.79 Å². The van der Waals surface area contributed by atoms with Crippen molar-refractivity contribution in [3.05, 3.63) is 93.9 Å². The molecule has 0 fully saturated rings. The van der Waals surface area contributed by atoms with Crippen LogP contribution in [0.4, 0.5) is 0 Å². The molecule has 3 heterocycles. The average molecular weight is 335 g/mol. The predicted molar refractivity (Wildman–Crippen MR) is 92.4 cm³/mol. The minimum atomic E-state index is -0.384. The number of hydrogen-bond acceptors (Lipinski definition) is 5.